The Morgan fingerprint density at radius 2 is 1.07 bits per heavy atom. The van der Waals surface area contributed by atoms with Crippen LogP contribution in [0.5, 0.6) is 0 Å². The summed E-state index contributed by atoms with van der Waals surface area (Å²) < 4.78 is 23.5. The number of nitrogens with two attached hydrogens (primary N) is 1. The summed E-state index contributed by atoms with van der Waals surface area (Å²) in [6.45, 7) is 0.496. The third-order valence-electron chi connectivity index (χ3n) is 9.74. The fourth-order valence-corrected chi connectivity index (χ4v) is 6.68. The summed E-state index contributed by atoms with van der Waals surface area (Å²) in [5, 5.41) is 31.4. The molecule has 0 unspecified atom stereocenters. The molecule has 1 amide bonds. The molecule has 0 aliphatic heterocycles. The van der Waals surface area contributed by atoms with Gasteiger partial charge in [-0.25, -0.2) is 19.2 Å². The molecule has 0 bridgehead atoms. The first kappa shape index (κ1) is 58.1. The van der Waals surface area contributed by atoms with E-state index in [2.05, 4.69) is 14.8 Å². The van der Waals surface area contributed by atoms with Gasteiger partial charge in [-0.2, -0.15) is 0 Å². The standard InChI is InChI=1S/C24H24ClNO3.C22H24ClNO7.C5H7ClO4/c25-21-8-4-7-20(14-21)19-11-9-17(10-12-19)13-22(26)15-23(27)24(28)29-16-18-5-2-1-3-6-18;1-30-9-10-31-22(29)20(26)24-18(13-19(25)21(27)28)11-14-5-7-15(8-6-14)16-3-2-4-17(23)12-16;1-9-2-3-10-5(8)4(6)7/h1-12,14,22-23,27H,13,15-16,26H2;2-8,12,18-19,25H,9-11,13H2,1H3,(H,24,26)(H,27,28);2-3H2,1H3/t22-,23-;18-,19-;/m11./s1. The summed E-state index contributed by atoms with van der Waals surface area (Å²) in [6.07, 6.45) is -2.30. The number of hydrogen-bond acceptors (Lipinski definition) is 14. The monoisotopic (exact) mass is 1020 g/mol. The number of aliphatic hydroxyl groups excluding tert-OH is 2. The van der Waals surface area contributed by atoms with E-state index in [9.17, 15) is 39.0 Å². The van der Waals surface area contributed by atoms with Crippen molar-refractivity contribution in [1.29, 1.82) is 0 Å². The number of ether oxygens (including phenoxy) is 5. The minimum atomic E-state index is -1.69. The van der Waals surface area contributed by atoms with Crippen LogP contribution in [-0.4, -0.2) is 115 Å². The first-order chi connectivity index (χ1) is 33.5. The summed E-state index contributed by atoms with van der Waals surface area (Å²) in [6, 6.07) is 38.6. The highest BCUT2D eigenvalue weighted by Crippen LogP contribution is 2.25. The van der Waals surface area contributed by atoms with Gasteiger partial charge in [0, 0.05) is 42.8 Å². The zero-order valence-electron chi connectivity index (χ0n) is 38.3. The van der Waals surface area contributed by atoms with Crippen molar-refractivity contribution in [2.75, 3.05) is 40.6 Å². The van der Waals surface area contributed by atoms with E-state index in [0.717, 1.165) is 38.9 Å². The number of carbonyl (C=O) groups is 6. The predicted octanol–water partition coefficient (Wildman–Crippen LogP) is 6.37. The molecule has 5 aromatic rings. The van der Waals surface area contributed by atoms with Gasteiger partial charge < -0.3 is 50.1 Å². The molecule has 0 saturated heterocycles. The number of amides is 1. The topological polar surface area (TPSA) is 247 Å². The molecule has 0 heterocycles. The molecule has 5 aromatic carbocycles. The number of nitrogens with one attached hydrogen (secondary N) is 1. The molecule has 0 spiro atoms. The van der Waals surface area contributed by atoms with Crippen molar-refractivity contribution in [2.45, 2.75) is 56.6 Å². The molecule has 19 heteroatoms. The van der Waals surface area contributed by atoms with Gasteiger partial charge in [-0.15, -0.1) is 0 Å². The summed E-state index contributed by atoms with van der Waals surface area (Å²) >= 11 is 16.8. The number of rotatable bonds is 22. The molecule has 0 aliphatic carbocycles. The van der Waals surface area contributed by atoms with E-state index < -0.39 is 53.3 Å². The normalized spacial score (nSPS) is 12.2. The van der Waals surface area contributed by atoms with Crippen molar-refractivity contribution in [3.05, 3.63) is 154 Å². The molecule has 374 valence electrons. The molecule has 0 saturated carbocycles. The number of halogens is 3. The average molecular weight is 1030 g/mol. The maximum absolute atomic E-state index is 12.1. The fraction of sp³-hybridized carbons (Fsp3) is 0.294. The maximum Gasteiger partial charge on any atom is 0.396 e. The molecular formula is C51H55Cl3N2O14. The Morgan fingerprint density at radius 3 is 1.54 bits per heavy atom. The number of benzene rings is 5. The first-order valence-corrected chi connectivity index (χ1v) is 22.7. The first-order valence-electron chi connectivity index (χ1n) is 21.6. The summed E-state index contributed by atoms with van der Waals surface area (Å²) in [5.74, 6) is -5.24. The SMILES string of the molecule is COCCOC(=O)C(=O)Cl.COCCOC(=O)C(=O)N[C@H](Cc1ccc(-c2cccc(Cl)c2)cc1)C[C@@H](O)C(=O)O.N[C@H](Cc1ccc(-c2cccc(Cl)c2)cc1)C[C@@H](O)C(=O)OCc1ccccc1. The van der Waals surface area contributed by atoms with Gasteiger partial charge in [0.1, 0.15) is 19.8 Å². The van der Waals surface area contributed by atoms with Gasteiger partial charge in [-0.3, -0.25) is 9.59 Å². The van der Waals surface area contributed by atoms with E-state index in [1.54, 1.807) is 6.07 Å². The number of esters is 3. The summed E-state index contributed by atoms with van der Waals surface area (Å²) in [7, 11) is 2.88. The van der Waals surface area contributed by atoms with Gasteiger partial charge in [0.05, 0.1) is 13.2 Å². The Hall–Kier alpha value is -6.21. The largest absolute Gasteiger partial charge is 0.479 e. The Balaban J connectivity index is 0.000000311. The Kier molecular flexibility index (Phi) is 26.4. The zero-order valence-corrected chi connectivity index (χ0v) is 40.6. The van der Waals surface area contributed by atoms with E-state index in [-0.39, 0.29) is 58.3 Å². The van der Waals surface area contributed by atoms with E-state index in [1.807, 2.05) is 121 Å². The van der Waals surface area contributed by atoms with E-state index in [0.29, 0.717) is 16.5 Å². The van der Waals surface area contributed by atoms with Crippen molar-refractivity contribution in [3.8, 4) is 22.3 Å². The molecule has 0 fully saturated rings. The van der Waals surface area contributed by atoms with Gasteiger partial charge in [-0.1, -0.05) is 126 Å². The highest BCUT2D eigenvalue weighted by atomic mass is 35.5. The highest BCUT2D eigenvalue weighted by molar-refractivity contribution is 6.80. The Labute approximate surface area is 420 Å². The lowest BCUT2D eigenvalue weighted by Crippen LogP contribution is -2.44. The second-order valence-electron chi connectivity index (χ2n) is 15.2. The van der Waals surface area contributed by atoms with Crippen LogP contribution in [0.1, 0.15) is 29.5 Å². The van der Waals surface area contributed by atoms with Crippen LogP contribution in [-0.2, 0) is 71.9 Å². The molecule has 5 rings (SSSR count). The molecule has 4 atom stereocenters. The van der Waals surface area contributed by atoms with Crippen molar-refractivity contribution < 1.29 is 67.8 Å². The Morgan fingerprint density at radius 1 is 0.571 bits per heavy atom. The van der Waals surface area contributed by atoms with Crippen LogP contribution in [0.15, 0.2) is 127 Å². The van der Waals surface area contributed by atoms with Crippen molar-refractivity contribution >= 4 is 69.8 Å². The lowest BCUT2D eigenvalue weighted by molar-refractivity contribution is -0.156. The predicted molar refractivity (Wildman–Crippen MR) is 263 cm³/mol. The van der Waals surface area contributed by atoms with E-state index in [4.69, 9.17) is 59.9 Å². The number of aliphatic hydroxyl groups is 2. The van der Waals surface area contributed by atoms with Gasteiger partial charge in [-0.05, 0) is 94.1 Å². The summed E-state index contributed by atoms with van der Waals surface area (Å²) in [4.78, 5) is 67.1. The van der Waals surface area contributed by atoms with Crippen LogP contribution in [0.4, 0.5) is 0 Å². The van der Waals surface area contributed by atoms with Crippen LogP contribution in [0.2, 0.25) is 10.0 Å². The second kappa shape index (κ2) is 31.8. The number of aliphatic carboxylic acids is 1. The minimum Gasteiger partial charge on any atom is -0.479 e. The molecule has 0 aliphatic rings. The lowest BCUT2D eigenvalue weighted by atomic mass is 9.98. The molecule has 0 aromatic heterocycles. The van der Waals surface area contributed by atoms with Crippen LogP contribution < -0.4 is 11.1 Å². The van der Waals surface area contributed by atoms with Crippen LogP contribution in [0.25, 0.3) is 22.3 Å². The molecular weight excluding hydrogens is 971 g/mol. The van der Waals surface area contributed by atoms with E-state index >= 15 is 0 Å². The number of carboxylic acid groups (broad SMARTS) is 1. The quantitative estimate of drug-likeness (QED) is 0.0166. The smallest absolute Gasteiger partial charge is 0.396 e. The zero-order chi connectivity index (χ0) is 51.4. The van der Waals surface area contributed by atoms with Gasteiger partial charge in [0.2, 0.25) is 0 Å². The van der Waals surface area contributed by atoms with E-state index in [1.165, 1.54) is 14.2 Å². The third-order valence-corrected chi connectivity index (χ3v) is 10.4. The highest BCUT2D eigenvalue weighted by Gasteiger charge is 2.25. The third kappa shape index (κ3) is 22.5. The number of carboxylic acids is 1. The van der Waals surface area contributed by atoms with Crippen molar-refractivity contribution in [2.24, 2.45) is 5.73 Å². The number of carbonyl (C=O) groups excluding carboxylic acids is 5. The number of hydrogen-bond donors (Lipinski definition) is 5. The maximum atomic E-state index is 12.1. The van der Waals surface area contributed by atoms with Crippen molar-refractivity contribution in [3.63, 3.8) is 0 Å². The van der Waals surface area contributed by atoms with Crippen LogP contribution in [0, 0.1) is 0 Å². The van der Waals surface area contributed by atoms with Gasteiger partial charge >= 0.3 is 35.0 Å². The minimum absolute atomic E-state index is 0.0494. The molecule has 0 radical (unpaired) electrons. The van der Waals surface area contributed by atoms with Crippen LogP contribution >= 0.6 is 34.8 Å². The van der Waals surface area contributed by atoms with Gasteiger partial charge in [0.15, 0.2) is 12.2 Å². The van der Waals surface area contributed by atoms with Crippen molar-refractivity contribution in [1.82, 2.24) is 5.32 Å². The molecule has 6 N–H and O–H groups in total. The molecule has 70 heavy (non-hydrogen) atoms. The number of methoxy groups -OCH3 is 2. The fourth-order valence-electron chi connectivity index (χ4n) is 6.25. The average Bonchev–Trinajstić information content (AvgIpc) is 3.34. The van der Waals surface area contributed by atoms with Gasteiger partial charge in [0.25, 0.3) is 0 Å². The second-order valence-corrected chi connectivity index (χ2v) is 16.4. The summed E-state index contributed by atoms with van der Waals surface area (Å²) in [5.41, 5.74) is 12.8. The van der Waals surface area contributed by atoms with Crippen LogP contribution in [0.3, 0.4) is 0 Å². The lowest BCUT2D eigenvalue weighted by Gasteiger charge is -2.20. The Bertz CT molecular complexity index is 2430. The molecule has 16 nitrogen and oxygen atoms in total.